The van der Waals surface area contributed by atoms with E-state index in [1.807, 2.05) is 12.1 Å². The van der Waals surface area contributed by atoms with Crippen molar-refractivity contribution in [3.8, 4) is 17.2 Å². The first-order valence-electron chi connectivity index (χ1n) is 8.83. The summed E-state index contributed by atoms with van der Waals surface area (Å²) in [5.41, 5.74) is 1.93. The summed E-state index contributed by atoms with van der Waals surface area (Å²) in [6.07, 6.45) is 0. The lowest BCUT2D eigenvalue weighted by Crippen LogP contribution is -2.32. The molecule has 0 aromatic heterocycles. The molecule has 27 heavy (non-hydrogen) atoms. The monoisotopic (exact) mass is 372 g/mol. The SMILES string of the molecule is COc1ccc(NC(=O)NCCOc2ccc(C(C)(C)C)cc2)c(OC)c1. The van der Waals surface area contributed by atoms with Gasteiger partial charge in [0.2, 0.25) is 0 Å². The zero-order valence-corrected chi connectivity index (χ0v) is 16.6. The molecule has 0 unspecified atom stereocenters. The molecule has 0 saturated heterocycles. The molecule has 2 aromatic rings. The topological polar surface area (TPSA) is 68.8 Å². The molecule has 2 amide bonds. The first kappa shape index (κ1) is 20.4. The maximum absolute atomic E-state index is 12.0. The molecule has 0 aliphatic heterocycles. The zero-order valence-electron chi connectivity index (χ0n) is 16.6. The molecule has 0 heterocycles. The Kier molecular flexibility index (Phi) is 6.93. The Morgan fingerprint density at radius 3 is 2.22 bits per heavy atom. The zero-order chi connectivity index (χ0) is 19.9. The number of amides is 2. The van der Waals surface area contributed by atoms with Gasteiger partial charge in [0.05, 0.1) is 26.5 Å². The van der Waals surface area contributed by atoms with E-state index in [0.717, 1.165) is 5.75 Å². The molecule has 0 spiro atoms. The fraction of sp³-hybridized carbons (Fsp3) is 0.381. The van der Waals surface area contributed by atoms with E-state index in [9.17, 15) is 4.79 Å². The van der Waals surface area contributed by atoms with E-state index in [0.29, 0.717) is 30.3 Å². The van der Waals surface area contributed by atoms with Crippen LogP contribution in [0, 0.1) is 0 Å². The molecule has 2 aromatic carbocycles. The van der Waals surface area contributed by atoms with E-state index in [2.05, 4.69) is 43.5 Å². The molecule has 0 atom stereocenters. The third-order valence-corrected chi connectivity index (χ3v) is 4.03. The highest BCUT2D eigenvalue weighted by molar-refractivity contribution is 5.91. The van der Waals surface area contributed by atoms with Gasteiger partial charge in [-0.15, -0.1) is 0 Å². The number of hydrogen-bond donors (Lipinski definition) is 2. The first-order chi connectivity index (χ1) is 12.8. The summed E-state index contributed by atoms with van der Waals surface area (Å²) in [4.78, 5) is 12.0. The van der Waals surface area contributed by atoms with Crippen molar-refractivity contribution in [1.29, 1.82) is 0 Å². The minimum atomic E-state index is -0.329. The highest BCUT2D eigenvalue weighted by atomic mass is 16.5. The van der Waals surface area contributed by atoms with Crippen LogP contribution in [0.25, 0.3) is 0 Å². The van der Waals surface area contributed by atoms with Gasteiger partial charge in [-0.1, -0.05) is 32.9 Å². The van der Waals surface area contributed by atoms with Crippen molar-refractivity contribution in [3.05, 3.63) is 48.0 Å². The van der Waals surface area contributed by atoms with Gasteiger partial charge in [0, 0.05) is 6.07 Å². The van der Waals surface area contributed by atoms with Crippen LogP contribution >= 0.6 is 0 Å². The number of carbonyl (C=O) groups excluding carboxylic acids is 1. The van der Waals surface area contributed by atoms with Gasteiger partial charge in [-0.05, 0) is 35.2 Å². The standard InChI is InChI=1S/C21H28N2O4/c1-21(2,3)15-6-8-16(9-7-15)27-13-12-22-20(24)23-18-11-10-17(25-4)14-19(18)26-5/h6-11,14H,12-13H2,1-5H3,(H2,22,23,24). The quantitative estimate of drug-likeness (QED) is 0.715. The van der Waals surface area contributed by atoms with Crippen LogP contribution in [0.4, 0.5) is 10.5 Å². The highest BCUT2D eigenvalue weighted by Gasteiger charge is 2.13. The lowest BCUT2D eigenvalue weighted by atomic mass is 9.87. The lowest BCUT2D eigenvalue weighted by Gasteiger charge is -2.19. The minimum absolute atomic E-state index is 0.112. The van der Waals surface area contributed by atoms with E-state index >= 15 is 0 Å². The average molecular weight is 372 g/mol. The molecule has 0 saturated carbocycles. The fourth-order valence-corrected chi connectivity index (χ4v) is 2.45. The third-order valence-electron chi connectivity index (χ3n) is 4.03. The molecule has 2 rings (SSSR count). The van der Waals surface area contributed by atoms with E-state index in [1.165, 1.54) is 12.7 Å². The van der Waals surface area contributed by atoms with Gasteiger partial charge in [0.1, 0.15) is 23.9 Å². The molecule has 6 nitrogen and oxygen atoms in total. The van der Waals surface area contributed by atoms with Crippen LogP contribution in [0.15, 0.2) is 42.5 Å². The second kappa shape index (κ2) is 9.16. The van der Waals surface area contributed by atoms with Crippen LogP contribution in [0.3, 0.4) is 0 Å². The van der Waals surface area contributed by atoms with Crippen molar-refractivity contribution < 1.29 is 19.0 Å². The number of ether oxygens (including phenoxy) is 3. The number of hydrogen-bond acceptors (Lipinski definition) is 4. The highest BCUT2D eigenvalue weighted by Crippen LogP contribution is 2.29. The van der Waals surface area contributed by atoms with Crippen molar-refractivity contribution in [2.75, 3.05) is 32.7 Å². The average Bonchev–Trinajstić information content (AvgIpc) is 2.65. The van der Waals surface area contributed by atoms with Crippen molar-refractivity contribution in [1.82, 2.24) is 5.32 Å². The number of urea groups is 1. The van der Waals surface area contributed by atoms with Gasteiger partial charge in [-0.3, -0.25) is 0 Å². The lowest BCUT2D eigenvalue weighted by molar-refractivity contribution is 0.247. The molecule has 2 N–H and O–H groups in total. The summed E-state index contributed by atoms with van der Waals surface area (Å²) in [6.45, 7) is 7.27. The Hall–Kier alpha value is -2.89. The Bertz CT molecular complexity index is 752. The number of methoxy groups -OCH3 is 2. The molecule has 0 fully saturated rings. The summed E-state index contributed by atoms with van der Waals surface area (Å²) in [5, 5.41) is 5.50. The largest absolute Gasteiger partial charge is 0.497 e. The normalized spacial score (nSPS) is 10.9. The molecule has 146 valence electrons. The predicted molar refractivity (Wildman–Crippen MR) is 107 cm³/mol. The molecule has 6 heteroatoms. The summed E-state index contributed by atoms with van der Waals surface area (Å²) < 4.78 is 16.1. The summed E-state index contributed by atoms with van der Waals surface area (Å²) >= 11 is 0. The van der Waals surface area contributed by atoms with Gasteiger partial charge in [-0.25, -0.2) is 4.79 Å². The van der Waals surface area contributed by atoms with E-state index < -0.39 is 0 Å². The third kappa shape index (κ3) is 6.09. The molecule has 0 bridgehead atoms. The maximum Gasteiger partial charge on any atom is 0.319 e. The van der Waals surface area contributed by atoms with Crippen LogP contribution in [0.5, 0.6) is 17.2 Å². The predicted octanol–water partition coefficient (Wildman–Crippen LogP) is 4.20. The Morgan fingerprint density at radius 1 is 0.963 bits per heavy atom. The van der Waals surface area contributed by atoms with Crippen LogP contribution in [0.1, 0.15) is 26.3 Å². The van der Waals surface area contributed by atoms with Crippen LogP contribution in [0.2, 0.25) is 0 Å². The summed E-state index contributed by atoms with van der Waals surface area (Å²) in [6, 6.07) is 12.9. The maximum atomic E-state index is 12.0. The van der Waals surface area contributed by atoms with Gasteiger partial charge in [0.15, 0.2) is 0 Å². The van der Waals surface area contributed by atoms with Gasteiger partial charge >= 0.3 is 6.03 Å². The van der Waals surface area contributed by atoms with Crippen LogP contribution < -0.4 is 24.8 Å². The smallest absolute Gasteiger partial charge is 0.319 e. The van der Waals surface area contributed by atoms with Gasteiger partial charge < -0.3 is 24.8 Å². The van der Waals surface area contributed by atoms with Gasteiger partial charge in [0.25, 0.3) is 0 Å². The van der Waals surface area contributed by atoms with Crippen molar-refractivity contribution in [3.63, 3.8) is 0 Å². The molecular formula is C21H28N2O4. The number of anilines is 1. The first-order valence-corrected chi connectivity index (χ1v) is 8.83. The number of carbonyl (C=O) groups is 1. The van der Waals surface area contributed by atoms with Crippen molar-refractivity contribution in [2.24, 2.45) is 0 Å². The number of rotatable bonds is 7. The molecule has 0 radical (unpaired) electrons. The van der Waals surface area contributed by atoms with Crippen LogP contribution in [-0.4, -0.2) is 33.4 Å². The number of nitrogens with one attached hydrogen (secondary N) is 2. The molecule has 0 aliphatic carbocycles. The van der Waals surface area contributed by atoms with Crippen molar-refractivity contribution >= 4 is 11.7 Å². The molecule has 0 aliphatic rings. The van der Waals surface area contributed by atoms with Gasteiger partial charge in [-0.2, -0.15) is 0 Å². The van der Waals surface area contributed by atoms with E-state index in [-0.39, 0.29) is 11.4 Å². The fourth-order valence-electron chi connectivity index (χ4n) is 2.45. The van der Waals surface area contributed by atoms with Crippen LogP contribution in [-0.2, 0) is 5.41 Å². The second-order valence-corrected chi connectivity index (χ2v) is 7.07. The summed E-state index contributed by atoms with van der Waals surface area (Å²) in [5.74, 6) is 1.96. The Labute approximate surface area is 160 Å². The minimum Gasteiger partial charge on any atom is -0.497 e. The molecular weight excluding hydrogens is 344 g/mol. The van der Waals surface area contributed by atoms with E-state index in [1.54, 1.807) is 25.3 Å². The Balaban J connectivity index is 1.78. The second-order valence-electron chi connectivity index (χ2n) is 7.07. The summed E-state index contributed by atoms with van der Waals surface area (Å²) in [7, 11) is 3.11. The number of benzene rings is 2. The van der Waals surface area contributed by atoms with E-state index in [4.69, 9.17) is 14.2 Å². The van der Waals surface area contributed by atoms with Crippen molar-refractivity contribution in [2.45, 2.75) is 26.2 Å². The Morgan fingerprint density at radius 2 is 1.63 bits per heavy atom.